The molecule has 22 heteroatoms. The third-order valence-corrected chi connectivity index (χ3v) is 11.7. The largest absolute Gasteiger partial charge is 0.558 e. The molecule has 0 aromatic heterocycles. The second-order valence-corrected chi connectivity index (χ2v) is 14.5. The van der Waals surface area contributed by atoms with E-state index in [1.807, 2.05) is 0 Å². The molecule has 9 nitrogen and oxygen atoms in total. The predicted octanol–water partition coefficient (Wildman–Crippen LogP) is 4.14. The lowest BCUT2D eigenvalue weighted by Crippen LogP contribution is -2.61. The van der Waals surface area contributed by atoms with Gasteiger partial charge in [0.1, 0.15) is 6.17 Å². The van der Waals surface area contributed by atoms with Crippen LogP contribution in [0.1, 0.15) is 32.6 Å². The Kier molecular flexibility index (Phi) is 12.5. The lowest BCUT2D eigenvalue weighted by atomic mass is 10.3. The zero-order valence-corrected chi connectivity index (χ0v) is 23.1. The van der Waals surface area contributed by atoms with E-state index < -0.39 is 51.7 Å². The Hall–Kier alpha value is -0.783. The van der Waals surface area contributed by atoms with Gasteiger partial charge in [0.25, 0.3) is 0 Å². The molecule has 38 heavy (non-hydrogen) atoms. The molecule has 0 saturated carbocycles. The van der Waals surface area contributed by atoms with Crippen molar-refractivity contribution >= 4 is 28.9 Å². The van der Waals surface area contributed by atoms with Gasteiger partial charge in [0, 0.05) is 34.2 Å². The summed E-state index contributed by atoms with van der Waals surface area (Å²) in [5.74, 6) is 0. The monoisotopic (exact) mass is 642 g/mol. The minimum Gasteiger partial charge on any atom is -0.425 e. The van der Waals surface area contributed by atoms with Crippen LogP contribution in [-0.4, -0.2) is 100 Å². The number of likely N-dealkylation sites (tertiary alicyclic amines) is 1. The molecule has 0 amide bonds. The van der Waals surface area contributed by atoms with Gasteiger partial charge in [-0.3, -0.25) is 0 Å². The molecular formula is C16H28F10N2O7S2Si. The van der Waals surface area contributed by atoms with Crippen LogP contribution in [0.4, 0.5) is 43.9 Å². The van der Waals surface area contributed by atoms with Crippen molar-refractivity contribution in [2.45, 2.75) is 55.5 Å². The summed E-state index contributed by atoms with van der Waals surface area (Å²) in [5.41, 5.74) is 0. The van der Waals surface area contributed by atoms with E-state index in [2.05, 4.69) is 6.92 Å². The molecule has 1 fully saturated rings. The normalized spacial score (nSPS) is 17.7. The number of hydrogen-bond acceptors (Lipinski definition) is 7. The van der Waals surface area contributed by atoms with Gasteiger partial charge in [-0.1, -0.05) is 13.3 Å². The maximum absolute atomic E-state index is 12.3. The van der Waals surface area contributed by atoms with E-state index in [9.17, 15) is 60.7 Å². The van der Waals surface area contributed by atoms with Crippen LogP contribution < -0.4 is 0 Å². The van der Waals surface area contributed by atoms with Gasteiger partial charge in [0.15, 0.2) is 20.0 Å². The van der Waals surface area contributed by atoms with Crippen molar-refractivity contribution in [3.8, 4) is 0 Å². The number of quaternary nitrogens is 1. The molecule has 0 atom stereocenters. The zero-order valence-electron chi connectivity index (χ0n) is 20.5. The van der Waals surface area contributed by atoms with E-state index in [0.717, 1.165) is 10.7 Å². The number of rotatable bonds is 12. The van der Waals surface area contributed by atoms with Crippen LogP contribution in [0.25, 0.3) is 4.13 Å². The molecule has 0 spiro atoms. The number of alkyl halides is 10. The average Bonchev–Trinajstić information content (AvgIpc) is 3.22. The second kappa shape index (κ2) is 12.8. The molecule has 1 aliphatic heterocycles. The fourth-order valence-corrected chi connectivity index (χ4v) is 7.88. The van der Waals surface area contributed by atoms with E-state index in [1.165, 1.54) is 45.3 Å². The van der Waals surface area contributed by atoms with Gasteiger partial charge in [0.2, 0.25) is 0 Å². The summed E-state index contributed by atoms with van der Waals surface area (Å²) in [6.07, 6.45) is -7.90. The lowest BCUT2D eigenvalue weighted by molar-refractivity contribution is -0.909. The van der Waals surface area contributed by atoms with Gasteiger partial charge >= 0.3 is 31.7 Å². The molecule has 0 unspecified atom stereocenters. The molecule has 1 rings (SSSR count). The van der Waals surface area contributed by atoms with Crippen LogP contribution in [0, 0.1) is 0 Å². The fraction of sp³-hybridized carbons (Fsp3) is 1.00. The van der Waals surface area contributed by atoms with Crippen molar-refractivity contribution in [3.63, 3.8) is 0 Å². The van der Waals surface area contributed by atoms with Crippen LogP contribution in [-0.2, 0) is 33.3 Å². The van der Waals surface area contributed by atoms with Gasteiger partial charge < -0.3 is 21.9 Å². The van der Waals surface area contributed by atoms with Crippen molar-refractivity contribution in [3.05, 3.63) is 4.13 Å². The standard InChI is InChI=1S/C12H28NO3Si.C4F10NO4S2/c1-5-6-9-13(10-7-8-11-13)12-17(14-2,15-3)16-4;5-1(6,7)3(11,12)20(16,17)15-21(18,19)4(13,14)2(8,9)10/h5-12H2,1-4H3;/q+1;-1. The van der Waals surface area contributed by atoms with E-state index >= 15 is 0 Å². The number of halogens is 10. The Labute approximate surface area is 214 Å². The average molecular weight is 643 g/mol. The van der Waals surface area contributed by atoms with Gasteiger partial charge in [-0.15, -0.1) is 0 Å². The molecule has 0 aromatic rings. The van der Waals surface area contributed by atoms with E-state index in [1.54, 1.807) is 21.3 Å². The summed E-state index contributed by atoms with van der Waals surface area (Å²) in [5, 5.41) is -14.0. The molecule has 1 aliphatic rings. The van der Waals surface area contributed by atoms with Gasteiger partial charge in [-0.2, -0.15) is 43.9 Å². The molecule has 0 bridgehead atoms. The topological polar surface area (TPSA) is 110 Å². The number of nitrogens with zero attached hydrogens (tertiary/aromatic N) is 2. The SMILES string of the molecule is CCCC[N+]1(C[Si](OC)(OC)OC)CCCC1.O=S(=O)([N-]S(=O)(=O)C(F)(F)C(F)(F)F)C(F)(F)C(F)(F)F. The molecule has 0 radical (unpaired) electrons. The van der Waals surface area contributed by atoms with Gasteiger partial charge in [-0.25, -0.2) is 16.8 Å². The first kappa shape index (κ1) is 37.2. The minimum atomic E-state index is -7.62. The third kappa shape index (κ3) is 8.36. The molecule has 230 valence electrons. The highest BCUT2D eigenvalue weighted by atomic mass is 32.3. The summed E-state index contributed by atoms with van der Waals surface area (Å²) < 4.78 is 179. The Balaban J connectivity index is 0.000000735. The first-order valence-corrected chi connectivity index (χ1v) is 15.3. The number of hydrogen-bond donors (Lipinski definition) is 0. The summed E-state index contributed by atoms with van der Waals surface area (Å²) in [6, 6.07) is 0. The minimum absolute atomic E-state index is 0.422. The highest BCUT2D eigenvalue weighted by Crippen LogP contribution is 2.47. The van der Waals surface area contributed by atoms with Crippen LogP contribution in [0.5, 0.6) is 0 Å². The van der Waals surface area contributed by atoms with Crippen molar-refractivity contribution in [1.29, 1.82) is 0 Å². The number of unbranched alkanes of at least 4 members (excludes halogenated alkanes) is 1. The summed E-state index contributed by atoms with van der Waals surface area (Å²) in [4.78, 5) is 0. The van der Waals surface area contributed by atoms with Crippen LogP contribution >= 0.6 is 0 Å². The van der Waals surface area contributed by atoms with E-state index in [-0.39, 0.29) is 0 Å². The van der Waals surface area contributed by atoms with Crippen LogP contribution in [0.15, 0.2) is 0 Å². The summed E-state index contributed by atoms with van der Waals surface area (Å²) in [7, 11) is -12.5. The molecule has 1 heterocycles. The maximum atomic E-state index is 12.3. The highest BCUT2D eigenvalue weighted by molar-refractivity contribution is 8.13. The maximum Gasteiger partial charge on any atom is 0.558 e. The highest BCUT2D eigenvalue weighted by Gasteiger charge is 2.68. The molecule has 1 saturated heterocycles. The first-order valence-electron chi connectivity index (χ1n) is 10.5. The fourth-order valence-electron chi connectivity index (χ4n) is 3.33. The van der Waals surface area contributed by atoms with Crippen molar-refractivity contribution in [2.24, 2.45) is 0 Å². The third-order valence-electron chi connectivity index (χ3n) is 5.47. The quantitative estimate of drug-likeness (QED) is 0.179. The van der Waals surface area contributed by atoms with Crippen LogP contribution in [0.2, 0.25) is 0 Å². The summed E-state index contributed by atoms with van der Waals surface area (Å²) >= 11 is 0. The second-order valence-electron chi connectivity index (χ2n) is 8.08. The lowest BCUT2D eigenvalue weighted by Gasteiger charge is -2.38. The Morgan fingerprint density at radius 3 is 1.34 bits per heavy atom. The van der Waals surface area contributed by atoms with Gasteiger partial charge in [-0.05, 0) is 6.42 Å². The van der Waals surface area contributed by atoms with E-state index in [0.29, 0.717) is 4.13 Å². The molecule has 0 N–H and O–H groups in total. The van der Waals surface area contributed by atoms with Crippen molar-refractivity contribution in [2.75, 3.05) is 47.1 Å². The zero-order chi connectivity index (χ0) is 30.5. The molecular weight excluding hydrogens is 614 g/mol. The Bertz CT molecular complexity index is 904. The number of sulfonamides is 2. The van der Waals surface area contributed by atoms with Crippen LogP contribution in [0.3, 0.4) is 0 Å². The van der Waals surface area contributed by atoms with E-state index in [4.69, 9.17) is 13.3 Å². The Morgan fingerprint density at radius 1 is 0.737 bits per heavy atom. The van der Waals surface area contributed by atoms with Crippen molar-refractivity contribution in [1.82, 2.24) is 0 Å². The summed E-state index contributed by atoms with van der Waals surface area (Å²) in [6.45, 7) is 6.00. The van der Waals surface area contributed by atoms with Crippen molar-refractivity contribution < 1.29 is 78.5 Å². The van der Waals surface area contributed by atoms with Gasteiger partial charge in [0.05, 0.1) is 19.6 Å². The molecule has 0 aromatic carbocycles. The predicted molar refractivity (Wildman–Crippen MR) is 114 cm³/mol. The first-order chi connectivity index (χ1) is 16.9. The molecule has 0 aliphatic carbocycles. The smallest absolute Gasteiger partial charge is 0.425 e. The Morgan fingerprint density at radius 2 is 1.08 bits per heavy atom.